The number of aromatic nitrogens is 3. The fourth-order valence-corrected chi connectivity index (χ4v) is 4.90. The molecule has 34 heavy (non-hydrogen) atoms. The second kappa shape index (κ2) is 9.17. The number of nitrogen functional groups attached to an aromatic ring is 1. The molecule has 0 amide bonds. The molecule has 5 rings (SSSR count). The van der Waals surface area contributed by atoms with Gasteiger partial charge in [0.25, 0.3) is 0 Å². The molecule has 0 saturated heterocycles. The number of rotatable bonds is 7. The van der Waals surface area contributed by atoms with Crippen LogP contribution < -0.4 is 10.5 Å². The van der Waals surface area contributed by atoms with Crippen molar-refractivity contribution in [3.05, 3.63) is 72.2 Å². The summed E-state index contributed by atoms with van der Waals surface area (Å²) < 4.78 is 13.3. The monoisotopic (exact) mass is 456 g/mol. The fraction of sp³-hybridized carbons (Fsp3) is 0.296. The van der Waals surface area contributed by atoms with Crippen LogP contribution in [0.15, 0.2) is 60.9 Å². The maximum Gasteiger partial charge on any atom is 0.308 e. The van der Waals surface area contributed by atoms with Gasteiger partial charge in [0.2, 0.25) is 0 Å². The van der Waals surface area contributed by atoms with Crippen LogP contribution in [0, 0.1) is 5.92 Å². The van der Waals surface area contributed by atoms with Crippen LogP contribution >= 0.6 is 0 Å². The molecule has 2 N–H and O–H groups in total. The third-order valence-corrected chi connectivity index (χ3v) is 6.63. The Kier molecular flexibility index (Phi) is 5.92. The summed E-state index contributed by atoms with van der Waals surface area (Å²) in [7, 11) is 1.44. The van der Waals surface area contributed by atoms with E-state index in [2.05, 4.69) is 27.5 Å². The molecule has 7 heteroatoms. The van der Waals surface area contributed by atoms with E-state index in [4.69, 9.17) is 15.2 Å². The first-order valence-corrected chi connectivity index (χ1v) is 11.6. The van der Waals surface area contributed by atoms with Gasteiger partial charge in [-0.05, 0) is 42.5 Å². The maximum absolute atomic E-state index is 12.0. The zero-order valence-corrected chi connectivity index (χ0v) is 19.4. The molecule has 2 heterocycles. The summed E-state index contributed by atoms with van der Waals surface area (Å²) in [6, 6.07) is 18.3. The van der Waals surface area contributed by atoms with Crippen LogP contribution in [0.3, 0.4) is 0 Å². The standard InChI is InChI=1S/C27H28N4O3/c1-3-22-23(18-10-7-11-21(14-18)34-15-17-8-5-4-6-9-17)24-25(28)29-16-30-26(24)31(22)20-12-19(13-20)27(32)33-2/h4-11,14,16,19-20H,3,12-13,15H2,1-2H3,(H2,28,29,30). The van der Waals surface area contributed by atoms with Crippen molar-refractivity contribution >= 4 is 22.8 Å². The number of ether oxygens (including phenoxy) is 2. The zero-order chi connectivity index (χ0) is 23.7. The number of fused-ring (bicyclic) bond motifs is 1. The van der Waals surface area contributed by atoms with Crippen molar-refractivity contribution in [1.82, 2.24) is 14.5 Å². The molecule has 0 unspecified atom stereocenters. The number of hydrogen-bond donors (Lipinski definition) is 1. The zero-order valence-electron chi connectivity index (χ0n) is 19.4. The molecule has 1 saturated carbocycles. The number of benzene rings is 2. The minimum absolute atomic E-state index is 0.0745. The lowest BCUT2D eigenvalue weighted by molar-refractivity contribution is -0.149. The van der Waals surface area contributed by atoms with Crippen molar-refractivity contribution in [1.29, 1.82) is 0 Å². The predicted molar refractivity (Wildman–Crippen MR) is 131 cm³/mol. The van der Waals surface area contributed by atoms with E-state index in [1.165, 1.54) is 13.4 Å². The topological polar surface area (TPSA) is 92.3 Å². The molecule has 2 aromatic carbocycles. The van der Waals surface area contributed by atoms with E-state index in [9.17, 15) is 4.79 Å². The van der Waals surface area contributed by atoms with Gasteiger partial charge >= 0.3 is 5.97 Å². The van der Waals surface area contributed by atoms with Crippen molar-refractivity contribution in [2.45, 2.75) is 38.8 Å². The van der Waals surface area contributed by atoms with Gasteiger partial charge in [-0.1, -0.05) is 49.4 Å². The number of carbonyl (C=O) groups is 1. The van der Waals surface area contributed by atoms with E-state index in [0.29, 0.717) is 12.4 Å². The molecule has 1 aliphatic rings. The number of hydrogen-bond acceptors (Lipinski definition) is 6. The summed E-state index contributed by atoms with van der Waals surface area (Å²) in [6.45, 7) is 2.62. The Hall–Kier alpha value is -3.87. The highest BCUT2D eigenvalue weighted by atomic mass is 16.5. The van der Waals surface area contributed by atoms with Crippen LogP contribution in [0.2, 0.25) is 0 Å². The maximum atomic E-state index is 12.0. The van der Waals surface area contributed by atoms with E-state index in [-0.39, 0.29) is 17.9 Å². The molecular weight excluding hydrogens is 428 g/mol. The Bertz CT molecular complexity index is 1330. The second-order valence-electron chi connectivity index (χ2n) is 8.65. The largest absolute Gasteiger partial charge is 0.489 e. The summed E-state index contributed by atoms with van der Waals surface area (Å²) in [4.78, 5) is 20.9. The van der Waals surface area contributed by atoms with E-state index in [1.807, 2.05) is 48.5 Å². The molecule has 1 aliphatic carbocycles. The van der Waals surface area contributed by atoms with Crippen molar-refractivity contribution in [2.75, 3.05) is 12.8 Å². The third-order valence-electron chi connectivity index (χ3n) is 6.63. The summed E-state index contributed by atoms with van der Waals surface area (Å²) >= 11 is 0. The lowest BCUT2D eigenvalue weighted by atomic mass is 9.80. The third kappa shape index (κ3) is 3.87. The van der Waals surface area contributed by atoms with Gasteiger partial charge in [-0.3, -0.25) is 4.79 Å². The Morgan fingerprint density at radius 1 is 1.12 bits per heavy atom. The minimum Gasteiger partial charge on any atom is -0.489 e. The normalized spacial score (nSPS) is 17.4. The Labute approximate surface area is 198 Å². The van der Waals surface area contributed by atoms with E-state index in [0.717, 1.165) is 58.4 Å². The lowest BCUT2D eigenvalue weighted by Gasteiger charge is -2.35. The Balaban J connectivity index is 1.54. The number of esters is 1. The molecule has 0 aliphatic heterocycles. The van der Waals surface area contributed by atoms with Crippen LogP contribution in [-0.4, -0.2) is 27.6 Å². The first-order valence-electron chi connectivity index (χ1n) is 11.6. The Morgan fingerprint density at radius 3 is 2.65 bits per heavy atom. The smallest absolute Gasteiger partial charge is 0.308 e. The van der Waals surface area contributed by atoms with Gasteiger partial charge in [0, 0.05) is 17.3 Å². The molecule has 0 spiro atoms. The molecule has 174 valence electrons. The predicted octanol–water partition coefficient (Wildman–Crippen LogP) is 4.95. The number of nitrogens with zero attached hydrogens (tertiary/aromatic N) is 3. The van der Waals surface area contributed by atoms with Crippen LogP contribution in [0.4, 0.5) is 5.82 Å². The van der Waals surface area contributed by atoms with Gasteiger partial charge in [0.15, 0.2) is 0 Å². The highest BCUT2D eigenvalue weighted by molar-refractivity contribution is 6.02. The van der Waals surface area contributed by atoms with Crippen molar-refractivity contribution < 1.29 is 14.3 Å². The van der Waals surface area contributed by atoms with Gasteiger partial charge in [-0.25, -0.2) is 9.97 Å². The number of anilines is 1. The number of methoxy groups -OCH3 is 1. The molecule has 1 fully saturated rings. The summed E-state index contributed by atoms with van der Waals surface area (Å²) in [6.07, 6.45) is 3.76. The molecule has 2 aromatic heterocycles. The minimum atomic E-state index is -0.150. The number of nitrogens with two attached hydrogens (primary N) is 1. The van der Waals surface area contributed by atoms with Crippen molar-refractivity contribution in [3.63, 3.8) is 0 Å². The summed E-state index contributed by atoms with van der Waals surface area (Å²) in [5, 5.41) is 0.848. The summed E-state index contributed by atoms with van der Waals surface area (Å²) in [5.74, 6) is 1.01. The molecule has 7 nitrogen and oxygen atoms in total. The van der Waals surface area contributed by atoms with E-state index >= 15 is 0 Å². The average Bonchev–Trinajstić information content (AvgIpc) is 3.18. The van der Waals surface area contributed by atoms with Gasteiger partial charge in [0.1, 0.15) is 30.1 Å². The second-order valence-corrected chi connectivity index (χ2v) is 8.65. The van der Waals surface area contributed by atoms with Crippen molar-refractivity contribution in [2.24, 2.45) is 5.92 Å². The highest BCUT2D eigenvalue weighted by Crippen LogP contribution is 2.46. The fourth-order valence-electron chi connectivity index (χ4n) is 4.90. The number of carbonyl (C=O) groups excluding carboxylic acids is 1. The molecule has 0 atom stereocenters. The van der Waals surface area contributed by atoms with Crippen molar-refractivity contribution in [3.8, 4) is 16.9 Å². The van der Waals surface area contributed by atoms with Crippen LogP contribution in [0.25, 0.3) is 22.2 Å². The summed E-state index contributed by atoms with van der Waals surface area (Å²) in [5.41, 5.74) is 11.5. The average molecular weight is 457 g/mol. The first-order chi connectivity index (χ1) is 16.6. The molecule has 4 aromatic rings. The SMILES string of the molecule is CCc1c(-c2cccc(OCc3ccccc3)c2)c2c(N)ncnc2n1C1CC(C(=O)OC)C1. The van der Waals surface area contributed by atoms with E-state index < -0.39 is 0 Å². The van der Waals surface area contributed by atoms with Crippen LogP contribution in [0.5, 0.6) is 5.75 Å². The molecule has 0 bridgehead atoms. The van der Waals surface area contributed by atoms with Gasteiger partial charge in [-0.2, -0.15) is 0 Å². The van der Waals surface area contributed by atoms with Crippen LogP contribution in [0.1, 0.15) is 37.1 Å². The Morgan fingerprint density at radius 2 is 1.91 bits per heavy atom. The molecular formula is C27H28N4O3. The van der Waals surface area contributed by atoms with Gasteiger partial charge in [0.05, 0.1) is 18.4 Å². The lowest BCUT2D eigenvalue weighted by Crippen LogP contribution is -2.33. The highest BCUT2D eigenvalue weighted by Gasteiger charge is 2.39. The first kappa shape index (κ1) is 21.9. The van der Waals surface area contributed by atoms with Gasteiger partial charge in [-0.15, -0.1) is 0 Å². The van der Waals surface area contributed by atoms with Gasteiger partial charge < -0.3 is 19.8 Å². The van der Waals surface area contributed by atoms with E-state index in [1.54, 1.807) is 0 Å². The quantitative estimate of drug-likeness (QED) is 0.396. The van der Waals surface area contributed by atoms with Crippen LogP contribution in [-0.2, 0) is 22.6 Å². The molecule has 0 radical (unpaired) electrons.